The first kappa shape index (κ1) is 25.5. The van der Waals surface area contributed by atoms with Crippen LogP contribution in [0.2, 0.25) is 0 Å². The summed E-state index contributed by atoms with van der Waals surface area (Å²) in [6.45, 7) is 2.21. The maximum Gasteiger partial charge on any atom is 0.343 e. The summed E-state index contributed by atoms with van der Waals surface area (Å²) in [5.41, 5.74) is 1.92. The molecule has 0 heterocycles. The number of carbonyl (C=O) groups is 2. The average Bonchev–Trinajstić information content (AvgIpc) is 2.85. The molecule has 0 aromatic heterocycles. The molecule has 6 heteroatoms. The van der Waals surface area contributed by atoms with Crippen LogP contribution in [0.15, 0.2) is 71.2 Å². The predicted octanol–water partition coefficient (Wildman–Crippen LogP) is 7.41. The summed E-state index contributed by atoms with van der Waals surface area (Å²) in [5.74, 6) is -0.0824. The van der Waals surface area contributed by atoms with Gasteiger partial charge in [0.1, 0.15) is 5.75 Å². The van der Waals surface area contributed by atoms with E-state index in [-0.39, 0.29) is 11.5 Å². The summed E-state index contributed by atoms with van der Waals surface area (Å²) in [5, 5.41) is 0. The molecular formula is C28H29BrO5. The van der Waals surface area contributed by atoms with Crippen molar-refractivity contribution in [3.05, 3.63) is 87.9 Å². The molecule has 0 amide bonds. The Labute approximate surface area is 209 Å². The number of aryl methyl sites for hydroxylation is 1. The Morgan fingerprint density at radius 1 is 0.735 bits per heavy atom. The Bertz CT molecular complexity index is 1090. The highest BCUT2D eigenvalue weighted by atomic mass is 79.9. The minimum atomic E-state index is -0.522. The van der Waals surface area contributed by atoms with Gasteiger partial charge in [0.25, 0.3) is 0 Å². The third kappa shape index (κ3) is 7.45. The van der Waals surface area contributed by atoms with E-state index in [1.807, 2.05) is 24.3 Å². The predicted molar refractivity (Wildman–Crippen MR) is 136 cm³/mol. The number of esters is 2. The van der Waals surface area contributed by atoms with Gasteiger partial charge in [-0.15, -0.1) is 0 Å². The summed E-state index contributed by atoms with van der Waals surface area (Å²) in [7, 11) is 1.45. The van der Waals surface area contributed by atoms with Gasteiger partial charge in [0.15, 0.2) is 11.5 Å². The second kappa shape index (κ2) is 12.9. The molecule has 0 aliphatic carbocycles. The van der Waals surface area contributed by atoms with Gasteiger partial charge in [0, 0.05) is 4.47 Å². The highest BCUT2D eigenvalue weighted by Crippen LogP contribution is 2.29. The van der Waals surface area contributed by atoms with Crippen molar-refractivity contribution < 1.29 is 23.8 Å². The van der Waals surface area contributed by atoms with Crippen molar-refractivity contribution in [1.29, 1.82) is 0 Å². The summed E-state index contributed by atoms with van der Waals surface area (Å²) < 4.78 is 17.1. The van der Waals surface area contributed by atoms with Crippen molar-refractivity contribution in [3.8, 4) is 17.2 Å². The first-order chi connectivity index (χ1) is 16.5. The topological polar surface area (TPSA) is 61.8 Å². The van der Waals surface area contributed by atoms with E-state index in [0.717, 1.165) is 17.3 Å². The molecule has 3 rings (SSSR count). The highest BCUT2D eigenvalue weighted by molar-refractivity contribution is 9.10. The number of ether oxygens (including phenoxy) is 3. The molecule has 0 radical (unpaired) electrons. The zero-order valence-corrected chi connectivity index (χ0v) is 21.1. The molecule has 0 atom stereocenters. The van der Waals surface area contributed by atoms with Crippen molar-refractivity contribution in [3.63, 3.8) is 0 Å². The van der Waals surface area contributed by atoms with E-state index in [1.54, 1.807) is 30.3 Å². The van der Waals surface area contributed by atoms with Crippen molar-refractivity contribution in [2.24, 2.45) is 0 Å². The standard InChI is InChI=1S/C28H29BrO5/c1-3-4-5-6-7-8-20-9-16-24(17-10-20)33-28(31)22-13-18-25(26(19-22)32-2)34-27(30)21-11-14-23(29)15-12-21/h9-19H,3-8H2,1-2H3. The number of benzene rings is 3. The average molecular weight is 525 g/mol. The minimum absolute atomic E-state index is 0.218. The zero-order valence-electron chi connectivity index (χ0n) is 19.5. The molecule has 0 saturated heterocycles. The van der Waals surface area contributed by atoms with Gasteiger partial charge in [-0.3, -0.25) is 0 Å². The van der Waals surface area contributed by atoms with Gasteiger partial charge in [-0.1, -0.05) is 60.7 Å². The van der Waals surface area contributed by atoms with E-state index in [1.165, 1.54) is 50.5 Å². The summed E-state index contributed by atoms with van der Waals surface area (Å²) >= 11 is 3.33. The molecule has 0 spiro atoms. The molecule has 0 aliphatic rings. The second-order valence-electron chi connectivity index (χ2n) is 7.96. The van der Waals surface area contributed by atoms with E-state index in [4.69, 9.17) is 14.2 Å². The largest absolute Gasteiger partial charge is 0.493 e. The van der Waals surface area contributed by atoms with Crippen molar-refractivity contribution in [2.45, 2.75) is 45.4 Å². The number of hydrogen-bond acceptors (Lipinski definition) is 5. The van der Waals surface area contributed by atoms with Gasteiger partial charge in [-0.25, -0.2) is 9.59 Å². The molecule has 0 fully saturated rings. The highest BCUT2D eigenvalue weighted by Gasteiger charge is 2.16. The van der Waals surface area contributed by atoms with E-state index >= 15 is 0 Å². The lowest BCUT2D eigenvalue weighted by Crippen LogP contribution is -2.11. The molecule has 34 heavy (non-hydrogen) atoms. The smallest absolute Gasteiger partial charge is 0.343 e. The fourth-order valence-electron chi connectivity index (χ4n) is 3.45. The first-order valence-electron chi connectivity index (χ1n) is 11.5. The number of hydrogen-bond donors (Lipinski definition) is 0. The Balaban J connectivity index is 1.59. The zero-order chi connectivity index (χ0) is 24.3. The van der Waals surface area contributed by atoms with Gasteiger partial charge in [0.2, 0.25) is 0 Å². The van der Waals surface area contributed by atoms with Gasteiger partial charge >= 0.3 is 11.9 Å². The van der Waals surface area contributed by atoms with Crippen LogP contribution in [0.3, 0.4) is 0 Å². The van der Waals surface area contributed by atoms with Crippen LogP contribution in [0.5, 0.6) is 17.2 Å². The van der Waals surface area contributed by atoms with Crippen LogP contribution in [-0.2, 0) is 6.42 Å². The van der Waals surface area contributed by atoms with Gasteiger partial charge in [0.05, 0.1) is 18.2 Å². The van der Waals surface area contributed by atoms with Crippen molar-refractivity contribution in [2.75, 3.05) is 7.11 Å². The molecule has 0 saturated carbocycles. The Kier molecular flexibility index (Phi) is 9.71. The normalized spacial score (nSPS) is 10.6. The van der Waals surface area contributed by atoms with E-state index < -0.39 is 11.9 Å². The van der Waals surface area contributed by atoms with Crippen molar-refractivity contribution >= 4 is 27.9 Å². The van der Waals surface area contributed by atoms with Crippen LogP contribution in [0, 0.1) is 0 Å². The molecule has 178 valence electrons. The van der Waals surface area contributed by atoms with Crippen molar-refractivity contribution in [1.82, 2.24) is 0 Å². The summed E-state index contributed by atoms with van der Waals surface area (Å²) in [6, 6.07) is 19.0. The Morgan fingerprint density at radius 2 is 1.38 bits per heavy atom. The van der Waals surface area contributed by atoms with Gasteiger partial charge in [-0.05, 0) is 73.0 Å². The summed E-state index contributed by atoms with van der Waals surface area (Å²) in [4.78, 5) is 25.0. The fraction of sp³-hybridized carbons (Fsp3) is 0.286. The molecular weight excluding hydrogens is 496 g/mol. The van der Waals surface area contributed by atoms with Crippen LogP contribution in [0.25, 0.3) is 0 Å². The third-order valence-corrected chi connectivity index (χ3v) is 5.91. The Morgan fingerprint density at radius 3 is 2.06 bits per heavy atom. The van der Waals surface area contributed by atoms with Gasteiger partial charge in [-0.2, -0.15) is 0 Å². The molecule has 0 aliphatic heterocycles. The molecule has 3 aromatic rings. The number of halogens is 1. The Hall–Kier alpha value is -3.12. The monoisotopic (exact) mass is 524 g/mol. The number of carbonyl (C=O) groups excluding carboxylic acids is 2. The first-order valence-corrected chi connectivity index (χ1v) is 12.3. The van der Waals surface area contributed by atoms with Crippen LogP contribution in [0.4, 0.5) is 0 Å². The maximum absolute atomic E-state index is 12.6. The van der Waals surface area contributed by atoms with Crippen LogP contribution >= 0.6 is 15.9 Å². The molecule has 0 N–H and O–H groups in total. The lowest BCUT2D eigenvalue weighted by atomic mass is 10.1. The van der Waals surface area contributed by atoms with E-state index in [0.29, 0.717) is 16.9 Å². The SMILES string of the molecule is CCCCCCCc1ccc(OC(=O)c2ccc(OC(=O)c3ccc(Br)cc3)c(OC)c2)cc1. The number of methoxy groups -OCH3 is 1. The second-order valence-corrected chi connectivity index (χ2v) is 8.88. The third-order valence-electron chi connectivity index (χ3n) is 5.38. The maximum atomic E-state index is 12.6. The lowest BCUT2D eigenvalue weighted by Gasteiger charge is -2.11. The quantitative estimate of drug-likeness (QED) is 0.148. The minimum Gasteiger partial charge on any atom is -0.493 e. The number of unbranched alkanes of at least 4 members (excludes halogenated alkanes) is 4. The van der Waals surface area contributed by atoms with Crippen LogP contribution in [0.1, 0.15) is 65.3 Å². The molecule has 5 nitrogen and oxygen atoms in total. The number of rotatable bonds is 11. The summed E-state index contributed by atoms with van der Waals surface area (Å²) in [6.07, 6.45) is 7.23. The molecule has 0 bridgehead atoms. The fourth-order valence-corrected chi connectivity index (χ4v) is 3.71. The van der Waals surface area contributed by atoms with Crippen LogP contribution < -0.4 is 14.2 Å². The lowest BCUT2D eigenvalue weighted by molar-refractivity contribution is 0.0728. The van der Waals surface area contributed by atoms with Crippen LogP contribution in [-0.4, -0.2) is 19.0 Å². The van der Waals surface area contributed by atoms with Gasteiger partial charge < -0.3 is 14.2 Å². The molecule has 0 unspecified atom stereocenters. The molecule has 3 aromatic carbocycles. The van der Waals surface area contributed by atoms with E-state index in [2.05, 4.69) is 22.9 Å². The van der Waals surface area contributed by atoms with E-state index in [9.17, 15) is 9.59 Å².